The van der Waals surface area contributed by atoms with E-state index in [2.05, 4.69) is 11.2 Å². The molecule has 0 spiro atoms. The van der Waals surface area contributed by atoms with Crippen LogP contribution in [0.15, 0.2) is 12.1 Å². The summed E-state index contributed by atoms with van der Waals surface area (Å²) in [5.41, 5.74) is -0.0828. The highest BCUT2D eigenvalue weighted by Gasteiger charge is 2.19. The molecule has 1 rings (SSSR count). The molecule has 1 aromatic rings. The van der Waals surface area contributed by atoms with Crippen molar-refractivity contribution in [3.63, 3.8) is 0 Å². The summed E-state index contributed by atoms with van der Waals surface area (Å²) in [4.78, 5) is 22.9. The Balaban J connectivity index is 2.72. The van der Waals surface area contributed by atoms with Gasteiger partial charge >= 0.3 is 5.97 Å². The fraction of sp³-hybridized carbons (Fsp3) is 0.167. The van der Waals surface area contributed by atoms with Crippen molar-refractivity contribution in [2.24, 2.45) is 0 Å². The van der Waals surface area contributed by atoms with Gasteiger partial charge in [0.2, 0.25) is 0 Å². The van der Waals surface area contributed by atoms with Crippen molar-refractivity contribution in [1.82, 2.24) is 5.32 Å². The molecule has 0 aliphatic carbocycles. The Morgan fingerprint density at radius 3 is 2.53 bits per heavy atom. The third-order valence-corrected chi connectivity index (χ3v) is 3.09. The molecule has 7 heteroatoms. The van der Waals surface area contributed by atoms with Crippen molar-refractivity contribution in [2.75, 3.05) is 13.2 Å². The number of esters is 1. The number of rotatable bonds is 4. The van der Waals surface area contributed by atoms with E-state index in [0.717, 1.165) is 0 Å². The van der Waals surface area contributed by atoms with Gasteiger partial charge in [0.05, 0.1) is 27.2 Å². The van der Waals surface area contributed by atoms with Crippen LogP contribution in [0, 0.1) is 12.3 Å². The van der Waals surface area contributed by atoms with Gasteiger partial charge in [0.15, 0.2) is 6.61 Å². The molecule has 0 saturated heterocycles. The Labute approximate surface area is 125 Å². The number of ether oxygens (including phenoxy) is 1. The lowest BCUT2D eigenvalue weighted by molar-refractivity contribution is -0.123. The smallest absolute Gasteiger partial charge is 0.341 e. The summed E-state index contributed by atoms with van der Waals surface area (Å²) in [6, 6.07) is 2.85. The van der Waals surface area contributed by atoms with Crippen molar-refractivity contribution in [2.45, 2.75) is 0 Å². The molecule has 0 bridgehead atoms. The molecule has 1 N–H and O–H groups in total. The highest BCUT2D eigenvalue weighted by Crippen LogP contribution is 2.31. The second-order valence-electron chi connectivity index (χ2n) is 3.28. The summed E-state index contributed by atoms with van der Waals surface area (Å²) in [5, 5.41) is 2.56. The zero-order chi connectivity index (χ0) is 14.4. The topological polar surface area (TPSA) is 55.4 Å². The van der Waals surface area contributed by atoms with E-state index in [1.54, 1.807) is 0 Å². The number of carbonyl (C=O) groups is 2. The third kappa shape index (κ3) is 4.32. The van der Waals surface area contributed by atoms with Crippen LogP contribution in [-0.4, -0.2) is 25.0 Å². The normalized spacial score (nSPS) is 9.58. The Morgan fingerprint density at radius 2 is 1.89 bits per heavy atom. The van der Waals surface area contributed by atoms with E-state index >= 15 is 0 Å². The highest BCUT2D eigenvalue weighted by atomic mass is 35.5. The minimum Gasteiger partial charge on any atom is -0.452 e. The minimum absolute atomic E-state index is 0.0248. The van der Waals surface area contributed by atoms with Crippen LogP contribution in [0.3, 0.4) is 0 Å². The lowest BCUT2D eigenvalue weighted by Gasteiger charge is -2.08. The molecule has 4 nitrogen and oxygen atoms in total. The van der Waals surface area contributed by atoms with Gasteiger partial charge in [-0.3, -0.25) is 4.79 Å². The molecular weight excluding hydrogens is 312 g/mol. The maximum atomic E-state index is 11.7. The van der Waals surface area contributed by atoms with Gasteiger partial charge in [-0.25, -0.2) is 4.79 Å². The predicted molar refractivity (Wildman–Crippen MR) is 73.6 cm³/mol. The van der Waals surface area contributed by atoms with Crippen LogP contribution < -0.4 is 5.32 Å². The molecule has 100 valence electrons. The molecule has 1 aromatic carbocycles. The largest absolute Gasteiger partial charge is 0.452 e. The summed E-state index contributed by atoms with van der Waals surface area (Å²) < 4.78 is 4.76. The predicted octanol–water partition coefficient (Wildman–Crippen LogP) is 2.55. The molecule has 0 unspecified atom stereocenters. The Kier molecular flexibility index (Phi) is 5.97. The van der Waals surface area contributed by atoms with Gasteiger partial charge in [-0.2, -0.15) is 0 Å². The summed E-state index contributed by atoms with van der Waals surface area (Å²) >= 11 is 17.4. The van der Waals surface area contributed by atoms with E-state index in [9.17, 15) is 9.59 Å². The number of halogens is 3. The Morgan fingerprint density at radius 1 is 1.26 bits per heavy atom. The maximum Gasteiger partial charge on any atom is 0.341 e. The molecule has 0 radical (unpaired) electrons. The molecule has 0 aromatic heterocycles. The lowest BCUT2D eigenvalue weighted by atomic mass is 10.2. The number of hydrogen-bond donors (Lipinski definition) is 1. The van der Waals surface area contributed by atoms with Gasteiger partial charge in [-0.1, -0.05) is 40.7 Å². The monoisotopic (exact) mass is 319 g/mol. The van der Waals surface area contributed by atoms with Gasteiger partial charge in [0.25, 0.3) is 5.91 Å². The summed E-state index contributed by atoms with van der Waals surface area (Å²) in [7, 11) is 0. The molecule has 0 fully saturated rings. The average molecular weight is 321 g/mol. The van der Waals surface area contributed by atoms with E-state index in [1.807, 2.05) is 0 Å². The molecule has 0 aliphatic rings. The van der Waals surface area contributed by atoms with E-state index < -0.39 is 18.5 Å². The highest BCUT2D eigenvalue weighted by molar-refractivity contribution is 6.46. The van der Waals surface area contributed by atoms with Crippen LogP contribution in [0.2, 0.25) is 15.1 Å². The maximum absolute atomic E-state index is 11.7. The molecule has 0 atom stereocenters. The van der Waals surface area contributed by atoms with E-state index in [4.69, 9.17) is 46.0 Å². The van der Waals surface area contributed by atoms with Gasteiger partial charge in [-0.15, -0.1) is 6.42 Å². The van der Waals surface area contributed by atoms with Crippen molar-refractivity contribution in [1.29, 1.82) is 0 Å². The summed E-state index contributed by atoms with van der Waals surface area (Å²) in [6.07, 6.45) is 4.96. The van der Waals surface area contributed by atoms with Gasteiger partial charge in [-0.05, 0) is 12.1 Å². The number of benzene rings is 1. The van der Waals surface area contributed by atoms with Crippen LogP contribution in [0.25, 0.3) is 0 Å². The first-order valence-corrected chi connectivity index (χ1v) is 6.11. The minimum atomic E-state index is -0.839. The number of nitrogens with one attached hydrogen (secondary N) is 1. The van der Waals surface area contributed by atoms with Crippen LogP contribution in [0.4, 0.5) is 0 Å². The van der Waals surface area contributed by atoms with Crippen molar-refractivity contribution in [3.8, 4) is 12.3 Å². The molecule has 1 amide bonds. The second kappa shape index (κ2) is 7.25. The van der Waals surface area contributed by atoms with Crippen LogP contribution >= 0.6 is 34.8 Å². The van der Waals surface area contributed by atoms with Crippen LogP contribution in [-0.2, 0) is 9.53 Å². The SMILES string of the molecule is C#CCNC(=O)COC(=O)c1c(Cl)ccc(Cl)c1Cl. The van der Waals surface area contributed by atoms with Crippen LogP contribution in [0.5, 0.6) is 0 Å². The zero-order valence-electron chi connectivity index (χ0n) is 9.50. The Bertz CT molecular complexity index is 552. The Hall–Kier alpha value is -1.41. The van der Waals surface area contributed by atoms with E-state index in [0.29, 0.717) is 0 Å². The summed E-state index contributed by atoms with van der Waals surface area (Å²) in [6.45, 7) is -0.436. The second-order valence-corrected chi connectivity index (χ2v) is 4.47. The first-order chi connectivity index (χ1) is 8.97. The van der Waals surface area contributed by atoms with E-state index in [1.165, 1.54) is 12.1 Å². The molecule has 0 saturated carbocycles. The number of hydrogen-bond acceptors (Lipinski definition) is 3. The zero-order valence-corrected chi connectivity index (χ0v) is 11.8. The van der Waals surface area contributed by atoms with Crippen molar-refractivity contribution < 1.29 is 14.3 Å². The van der Waals surface area contributed by atoms with Gasteiger partial charge < -0.3 is 10.1 Å². The number of amides is 1. The number of terminal acetylenes is 1. The number of carbonyl (C=O) groups excluding carboxylic acids is 2. The van der Waals surface area contributed by atoms with Gasteiger partial charge in [0, 0.05) is 0 Å². The molecule has 0 heterocycles. The van der Waals surface area contributed by atoms with Gasteiger partial charge in [0.1, 0.15) is 0 Å². The first kappa shape index (κ1) is 15.6. The fourth-order valence-electron chi connectivity index (χ4n) is 1.12. The lowest BCUT2D eigenvalue weighted by Crippen LogP contribution is -2.29. The van der Waals surface area contributed by atoms with Crippen molar-refractivity contribution in [3.05, 3.63) is 32.8 Å². The molecular formula is C12H8Cl3NO3. The fourth-order valence-corrected chi connectivity index (χ4v) is 1.80. The van der Waals surface area contributed by atoms with E-state index in [-0.39, 0.29) is 27.2 Å². The van der Waals surface area contributed by atoms with Crippen molar-refractivity contribution >= 4 is 46.7 Å². The molecule has 0 aliphatic heterocycles. The first-order valence-electron chi connectivity index (χ1n) is 4.98. The molecule has 19 heavy (non-hydrogen) atoms. The summed E-state index contributed by atoms with van der Waals surface area (Å²) in [5.74, 6) is 0.845. The van der Waals surface area contributed by atoms with Crippen LogP contribution in [0.1, 0.15) is 10.4 Å². The standard InChI is InChI=1S/C12H8Cl3NO3/c1-2-5-16-9(17)6-19-12(18)10-7(13)3-4-8(14)11(10)15/h1,3-4H,5-6H2,(H,16,17). The third-order valence-electron chi connectivity index (χ3n) is 1.97. The average Bonchev–Trinajstić information content (AvgIpc) is 2.38. The quantitative estimate of drug-likeness (QED) is 0.527.